The van der Waals surface area contributed by atoms with E-state index in [4.69, 9.17) is 17.3 Å². The van der Waals surface area contributed by atoms with Crippen LogP contribution in [0.2, 0.25) is 5.02 Å². The third kappa shape index (κ3) is 2.22. The van der Waals surface area contributed by atoms with Gasteiger partial charge in [-0.1, -0.05) is 17.7 Å². The van der Waals surface area contributed by atoms with Crippen molar-refractivity contribution in [3.05, 3.63) is 34.6 Å². The Kier molecular flexibility index (Phi) is 3.59. The highest BCUT2D eigenvalue weighted by Crippen LogP contribution is 2.37. The fraction of sp³-hybridized carbons (Fsp3) is 0.462. The van der Waals surface area contributed by atoms with Crippen LogP contribution in [-0.4, -0.2) is 22.9 Å². The zero-order valence-corrected chi connectivity index (χ0v) is 11.1. The van der Waals surface area contributed by atoms with Crippen molar-refractivity contribution in [2.45, 2.75) is 38.4 Å². The van der Waals surface area contributed by atoms with Crippen LogP contribution in [0.1, 0.15) is 31.9 Å². The molecule has 2 atom stereocenters. The fourth-order valence-corrected chi connectivity index (χ4v) is 2.79. The van der Waals surface area contributed by atoms with E-state index in [1.807, 2.05) is 13.8 Å². The minimum Gasteiger partial charge on any atom is -0.332 e. The van der Waals surface area contributed by atoms with E-state index in [1.165, 1.54) is 12.1 Å². The van der Waals surface area contributed by atoms with Gasteiger partial charge in [0.25, 0.3) is 0 Å². The molecule has 0 aliphatic carbocycles. The van der Waals surface area contributed by atoms with Crippen molar-refractivity contribution in [3.8, 4) is 0 Å². The van der Waals surface area contributed by atoms with Crippen molar-refractivity contribution < 1.29 is 9.18 Å². The molecule has 0 radical (unpaired) electrons. The standard InChI is InChI=1S/C13H16ClFN2O/c1-7(2)17-12(18)6-11(16)13(17)9-4-3-8(15)5-10(9)14/h3-5,7,11,13H,6,16H2,1-2H3. The first kappa shape index (κ1) is 13.3. The Hall–Kier alpha value is -1.13. The number of rotatable bonds is 2. The van der Waals surface area contributed by atoms with Crippen molar-refractivity contribution in [3.63, 3.8) is 0 Å². The predicted molar refractivity (Wildman–Crippen MR) is 68.7 cm³/mol. The van der Waals surface area contributed by atoms with Gasteiger partial charge < -0.3 is 10.6 Å². The first-order valence-electron chi connectivity index (χ1n) is 5.93. The summed E-state index contributed by atoms with van der Waals surface area (Å²) in [6.45, 7) is 3.86. The molecular formula is C13H16ClFN2O. The van der Waals surface area contributed by atoms with Crippen molar-refractivity contribution in [2.24, 2.45) is 5.73 Å². The SMILES string of the molecule is CC(C)N1C(=O)CC(N)C1c1ccc(F)cc1Cl. The topological polar surface area (TPSA) is 46.3 Å². The number of hydrogen-bond acceptors (Lipinski definition) is 2. The molecule has 0 bridgehead atoms. The normalized spacial score (nSPS) is 24.1. The first-order chi connectivity index (χ1) is 8.41. The number of benzene rings is 1. The van der Waals surface area contributed by atoms with Crippen molar-refractivity contribution in [2.75, 3.05) is 0 Å². The van der Waals surface area contributed by atoms with E-state index in [9.17, 15) is 9.18 Å². The molecule has 98 valence electrons. The Labute approximate surface area is 111 Å². The average molecular weight is 271 g/mol. The summed E-state index contributed by atoms with van der Waals surface area (Å²) >= 11 is 6.06. The number of carbonyl (C=O) groups excluding carboxylic acids is 1. The second-order valence-corrected chi connectivity index (χ2v) is 5.28. The Morgan fingerprint density at radius 3 is 2.72 bits per heavy atom. The van der Waals surface area contributed by atoms with Gasteiger partial charge in [-0.25, -0.2) is 4.39 Å². The molecule has 1 aromatic rings. The number of carbonyl (C=O) groups is 1. The van der Waals surface area contributed by atoms with Gasteiger partial charge in [0, 0.05) is 23.5 Å². The fourth-order valence-electron chi connectivity index (χ4n) is 2.51. The van der Waals surface area contributed by atoms with E-state index >= 15 is 0 Å². The number of halogens is 2. The highest BCUT2D eigenvalue weighted by Gasteiger charge is 2.40. The molecule has 1 saturated heterocycles. The smallest absolute Gasteiger partial charge is 0.225 e. The van der Waals surface area contributed by atoms with Gasteiger partial charge in [-0.3, -0.25) is 4.79 Å². The molecule has 1 amide bonds. The lowest BCUT2D eigenvalue weighted by Gasteiger charge is -2.31. The summed E-state index contributed by atoms with van der Waals surface area (Å²) in [6.07, 6.45) is 0.302. The van der Waals surface area contributed by atoms with E-state index in [0.717, 1.165) is 0 Å². The molecule has 1 aliphatic rings. The van der Waals surface area contributed by atoms with Crippen LogP contribution in [-0.2, 0) is 4.79 Å². The second-order valence-electron chi connectivity index (χ2n) is 4.87. The Balaban J connectivity index is 2.43. The molecule has 3 nitrogen and oxygen atoms in total. The van der Waals surface area contributed by atoms with Crippen molar-refractivity contribution in [1.29, 1.82) is 0 Å². The first-order valence-corrected chi connectivity index (χ1v) is 6.31. The van der Waals surface area contributed by atoms with Gasteiger partial charge in [0.15, 0.2) is 0 Å². The van der Waals surface area contributed by atoms with E-state index < -0.39 is 5.82 Å². The van der Waals surface area contributed by atoms with Crippen LogP contribution in [0.25, 0.3) is 0 Å². The van der Waals surface area contributed by atoms with Crippen LogP contribution in [0, 0.1) is 5.82 Å². The van der Waals surface area contributed by atoms with E-state index in [-0.39, 0.29) is 24.0 Å². The van der Waals surface area contributed by atoms with Gasteiger partial charge in [-0.2, -0.15) is 0 Å². The summed E-state index contributed by atoms with van der Waals surface area (Å²) in [6, 6.07) is 3.67. The molecule has 5 heteroatoms. The highest BCUT2D eigenvalue weighted by atomic mass is 35.5. The van der Waals surface area contributed by atoms with Gasteiger partial charge in [0.05, 0.1) is 6.04 Å². The predicted octanol–water partition coefficient (Wildman–Crippen LogP) is 2.49. The van der Waals surface area contributed by atoms with Crippen molar-refractivity contribution >= 4 is 17.5 Å². The zero-order chi connectivity index (χ0) is 13.4. The molecule has 2 unspecified atom stereocenters. The van der Waals surface area contributed by atoms with Crippen LogP contribution < -0.4 is 5.73 Å². The van der Waals surface area contributed by atoms with Gasteiger partial charge in [-0.15, -0.1) is 0 Å². The molecule has 1 aromatic carbocycles. The molecule has 18 heavy (non-hydrogen) atoms. The maximum Gasteiger partial charge on any atom is 0.225 e. The Morgan fingerprint density at radius 1 is 1.50 bits per heavy atom. The molecule has 1 heterocycles. The number of nitrogens with two attached hydrogens (primary N) is 1. The van der Waals surface area contributed by atoms with Crippen LogP contribution in [0.3, 0.4) is 0 Å². The van der Waals surface area contributed by atoms with E-state index in [2.05, 4.69) is 0 Å². The third-order valence-electron chi connectivity index (χ3n) is 3.24. The largest absolute Gasteiger partial charge is 0.332 e. The quantitative estimate of drug-likeness (QED) is 0.897. The summed E-state index contributed by atoms with van der Waals surface area (Å²) in [5.74, 6) is -0.374. The molecule has 0 spiro atoms. The molecule has 1 aliphatic heterocycles. The number of nitrogens with zero attached hydrogens (tertiary/aromatic N) is 1. The minimum absolute atomic E-state index is 0.0166. The van der Waals surface area contributed by atoms with Gasteiger partial charge in [-0.05, 0) is 31.5 Å². The summed E-state index contributed by atoms with van der Waals surface area (Å²) in [5.41, 5.74) is 6.73. The summed E-state index contributed by atoms with van der Waals surface area (Å²) < 4.78 is 13.1. The summed E-state index contributed by atoms with van der Waals surface area (Å²) in [5, 5.41) is 0.316. The van der Waals surface area contributed by atoms with Gasteiger partial charge >= 0.3 is 0 Å². The number of amides is 1. The summed E-state index contributed by atoms with van der Waals surface area (Å²) in [7, 11) is 0. The lowest BCUT2D eigenvalue weighted by molar-refractivity contribution is -0.130. The molecule has 0 aromatic heterocycles. The molecule has 2 N–H and O–H groups in total. The van der Waals surface area contributed by atoms with Gasteiger partial charge in [0.1, 0.15) is 5.82 Å². The third-order valence-corrected chi connectivity index (χ3v) is 3.57. The molecule has 0 saturated carbocycles. The molecular weight excluding hydrogens is 255 g/mol. The van der Waals surface area contributed by atoms with E-state index in [1.54, 1.807) is 11.0 Å². The van der Waals surface area contributed by atoms with Crippen molar-refractivity contribution in [1.82, 2.24) is 4.90 Å². The second kappa shape index (κ2) is 4.86. The van der Waals surface area contributed by atoms with Crippen LogP contribution in [0.4, 0.5) is 4.39 Å². The Bertz CT molecular complexity index is 478. The zero-order valence-electron chi connectivity index (χ0n) is 10.4. The molecule has 2 rings (SSSR count). The van der Waals surface area contributed by atoms with Gasteiger partial charge in [0.2, 0.25) is 5.91 Å². The highest BCUT2D eigenvalue weighted by molar-refractivity contribution is 6.31. The van der Waals surface area contributed by atoms with Crippen LogP contribution >= 0.6 is 11.6 Å². The average Bonchev–Trinajstić information content (AvgIpc) is 2.53. The van der Waals surface area contributed by atoms with E-state index in [0.29, 0.717) is 17.0 Å². The Morgan fingerprint density at radius 2 is 2.17 bits per heavy atom. The summed E-state index contributed by atoms with van der Waals surface area (Å²) in [4.78, 5) is 13.6. The maximum atomic E-state index is 13.1. The number of hydrogen-bond donors (Lipinski definition) is 1. The minimum atomic E-state index is -0.391. The van der Waals surface area contributed by atoms with Crippen LogP contribution in [0.15, 0.2) is 18.2 Å². The monoisotopic (exact) mass is 270 g/mol. The maximum absolute atomic E-state index is 13.1. The number of likely N-dealkylation sites (tertiary alicyclic amines) is 1. The molecule has 1 fully saturated rings. The lowest BCUT2D eigenvalue weighted by atomic mass is 10.00. The lowest BCUT2D eigenvalue weighted by Crippen LogP contribution is -2.37. The van der Waals surface area contributed by atoms with Crippen LogP contribution in [0.5, 0.6) is 0 Å².